The Morgan fingerprint density at radius 2 is 2.06 bits per heavy atom. The predicted octanol–water partition coefficient (Wildman–Crippen LogP) is 1.01. The third kappa shape index (κ3) is 3.15. The van der Waals surface area contributed by atoms with Crippen LogP contribution in [0, 0.1) is 10.1 Å². The van der Waals surface area contributed by atoms with Crippen LogP contribution in [-0.4, -0.2) is 26.6 Å². The molecule has 7 heteroatoms. The smallest absolute Gasteiger partial charge is 0.271 e. The molecule has 1 aromatic carbocycles. The maximum Gasteiger partial charge on any atom is 0.271 e. The number of nitro groups is 1. The van der Waals surface area contributed by atoms with Crippen molar-refractivity contribution in [1.29, 1.82) is 0 Å². The average Bonchev–Trinajstić information content (AvgIpc) is 2.19. The van der Waals surface area contributed by atoms with Gasteiger partial charge in [-0.05, 0) is 19.9 Å². The van der Waals surface area contributed by atoms with E-state index in [1.807, 2.05) is 0 Å². The van der Waals surface area contributed by atoms with Gasteiger partial charge in [0.1, 0.15) is 11.4 Å². The number of benzene rings is 1. The van der Waals surface area contributed by atoms with Crippen LogP contribution in [0.5, 0.6) is 5.75 Å². The fraction of sp³-hybridized carbons (Fsp3) is 0.300. The molecular weight excluding hydrogens is 228 g/mol. The van der Waals surface area contributed by atoms with E-state index in [-0.39, 0.29) is 17.1 Å². The predicted molar refractivity (Wildman–Crippen MR) is 59.7 cm³/mol. The Balaban J connectivity index is 3.02. The second-order valence-electron chi connectivity index (χ2n) is 3.97. The molecule has 0 heterocycles. The topological polar surface area (TPSA) is 113 Å². The molecule has 0 saturated carbocycles. The van der Waals surface area contributed by atoms with Gasteiger partial charge in [0.05, 0.1) is 10.6 Å². The summed E-state index contributed by atoms with van der Waals surface area (Å²) in [5.41, 5.74) is -2.03. The van der Waals surface area contributed by atoms with E-state index < -0.39 is 16.4 Å². The average molecular weight is 240 g/mol. The zero-order valence-corrected chi connectivity index (χ0v) is 9.30. The Labute approximate surface area is 96.8 Å². The molecule has 17 heavy (non-hydrogen) atoms. The van der Waals surface area contributed by atoms with E-state index in [9.17, 15) is 25.1 Å². The van der Waals surface area contributed by atoms with Gasteiger partial charge in [0.25, 0.3) is 11.6 Å². The third-order valence-corrected chi connectivity index (χ3v) is 1.99. The minimum atomic E-state index is -1.64. The Kier molecular flexibility index (Phi) is 3.33. The van der Waals surface area contributed by atoms with Crippen LogP contribution in [0.2, 0.25) is 0 Å². The van der Waals surface area contributed by atoms with Crippen molar-refractivity contribution >= 4 is 17.3 Å². The van der Waals surface area contributed by atoms with Gasteiger partial charge >= 0.3 is 0 Å². The van der Waals surface area contributed by atoms with Crippen LogP contribution in [0.25, 0.3) is 0 Å². The Morgan fingerprint density at radius 1 is 1.47 bits per heavy atom. The molecule has 0 aromatic heterocycles. The first-order valence-electron chi connectivity index (χ1n) is 4.73. The van der Waals surface area contributed by atoms with E-state index in [0.717, 1.165) is 18.2 Å². The van der Waals surface area contributed by atoms with Crippen molar-refractivity contribution in [2.75, 3.05) is 5.32 Å². The molecule has 0 unspecified atom stereocenters. The second-order valence-corrected chi connectivity index (χ2v) is 3.97. The number of aromatic hydroxyl groups is 1. The molecule has 1 aromatic rings. The van der Waals surface area contributed by atoms with Gasteiger partial charge in [-0.1, -0.05) is 0 Å². The minimum absolute atomic E-state index is 0.119. The van der Waals surface area contributed by atoms with Gasteiger partial charge in [-0.2, -0.15) is 0 Å². The molecule has 0 aliphatic rings. The SMILES string of the molecule is CC(C)(O)C(=O)Nc1cc([N+](=O)[O-])ccc1O. The standard InChI is InChI=1S/C10H12N2O5/c1-10(2,15)9(14)11-7-5-6(12(16)17)3-4-8(7)13/h3-5,13,15H,1-2H3,(H,11,14). The molecule has 3 N–H and O–H groups in total. The lowest BCUT2D eigenvalue weighted by atomic mass is 10.1. The monoisotopic (exact) mass is 240 g/mol. The summed E-state index contributed by atoms with van der Waals surface area (Å²) in [5.74, 6) is -1.08. The maximum absolute atomic E-state index is 11.4. The summed E-state index contributed by atoms with van der Waals surface area (Å²) in [5, 5.41) is 31.5. The first-order valence-corrected chi connectivity index (χ1v) is 4.73. The van der Waals surface area contributed by atoms with Crippen molar-refractivity contribution in [3.8, 4) is 5.75 Å². The van der Waals surface area contributed by atoms with Crippen LogP contribution in [0.15, 0.2) is 18.2 Å². The molecule has 0 fully saturated rings. The number of aliphatic hydroxyl groups is 1. The van der Waals surface area contributed by atoms with Crippen LogP contribution < -0.4 is 5.32 Å². The Morgan fingerprint density at radius 3 is 2.53 bits per heavy atom. The van der Waals surface area contributed by atoms with Crippen LogP contribution in [-0.2, 0) is 4.79 Å². The number of hydrogen-bond donors (Lipinski definition) is 3. The van der Waals surface area contributed by atoms with Gasteiger partial charge in [0.15, 0.2) is 0 Å². The van der Waals surface area contributed by atoms with E-state index in [2.05, 4.69) is 5.32 Å². The summed E-state index contributed by atoms with van der Waals surface area (Å²) in [4.78, 5) is 21.3. The first-order chi connectivity index (χ1) is 7.71. The maximum atomic E-state index is 11.4. The van der Waals surface area contributed by atoms with E-state index in [1.165, 1.54) is 13.8 Å². The number of amides is 1. The lowest BCUT2D eigenvalue weighted by Gasteiger charge is -2.16. The van der Waals surface area contributed by atoms with E-state index >= 15 is 0 Å². The van der Waals surface area contributed by atoms with Gasteiger partial charge in [-0.15, -0.1) is 0 Å². The van der Waals surface area contributed by atoms with Crippen LogP contribution in [0.1, 0.15) is 13.8 Å². The highest BCUT2D eigenvalue weighted by molar-refractivity contribution is 5.97. The zero-order chi connectivity index (χ0) is 13.2. The molecule has 0 aliphatic carbocycles. The number of nitrogens with zero attached hydrogens (tertiary/aromatic N) is 1. The van der Waals surface area contributed by atoms with Crippen molar-refractivity contribution in [2.45, 2.75) is 19.4 Å². The number of hydrogen-bond acceptors (Lipinski definition) is 5. The van der Waals surface area contributed by atoms with Crippen LogP contribution in [0.3, 0.4) is 0 Å². The summed E-state index contributed by atoms with van der Waals surface area (Å²) in [7, 11) is 0. The summed E-state index contributed by atoms with van der Waals surface area (Å²) < 4.78 is 0. The molecule has 0 bridgehead atoms. The zero-order valence-electron chi connectivity index (χ0n) is 9.30. The van der Waals surface area contributed by atoms with Crippen LogP contribution in [0.4, 0.5) is 11.4 Å². The van der Waals surface area contributed by atoms with Gasteiger partial charge in [-0.3, -0.25) is 14.9 Å². The van der Waals surface area contributed by atoms with Gasteiger partial charge < -0.3 is 15.5 Å². The molecule has 0 aliphatic heterocycles. The van der Waals surface area contributed by atoms with Gasteiger partial charge in [0.2, 0.25) is 0 Å². The highest BCUT2D eigenvalue weighted by atomic mass is 16.6. The first kappa shape index (κ1) is 12.9. The minimum Gasteiger partial charge on any atom is -0.506 e. The number of non-ortho nitro benzene ring substituents is 1. The van der Waals surface area contributed by atoms with E-state index in [0.29, 0.717) is 0 Å². The molecule has 1 amide bonds. The highest BCUT2D eigenvalue weighted by Gasteiger charge is 2.25. The number of carbonyl (C=O) groups is 1. The fourth-order valence-corrected chi connectivity index (χ4v) is 1.01. The third-order valence-electron chi connectivity index (χ3n) is 1.99. The highest BCUT2D eigenvalue weighted by Crippen LogP contribution is 2.28. The summed E-state index contributed by atoms with van der Waals surface area (Å²) >= 11 is 0. The largest absolute Gasteiger partial charge is 0.506 e. The van der Waals surface area contributed by atoms with E-state index in [1.54, 1.807) is 0 Å². The van der Waals surface area contributed by atoms with Gasteiger partial charge in [0, 0.05) is 12.1 Å². The van der Waals surface area contributed by atoms with Crippen molar-refractivity contribution in [3.63, 3.8) is 0 Å². The summed E-state index contributed by atoms with van der Waals surface area (Å²) in [6, 6.07) is 3.21. The number of anilines is 1. The summed E-state index contributed by atoms with van der Waals surface area (Å²) in [6.07, 6.45) is 0. The number of carbonyl (C=O) groups excluding carboxylic acids is 1. The molecule has 0 spiro atoms. The quantitative estimate of drug-likeness (QED) is 0.414. The van der Waals surface area contributed by atoms with Crippen molar-refractivity contribution in [1.82, 2.24) is 0 Å². The fourth-order valence-electron chi connectivity index (χ4n) is 1.01. The van der Waals surface area contributed by atoms with E-state index in [4.69, 9.17) is 0 Å². The molecule has 92 valence electrons. The number of phenolic OH excluding ortho intramolecular Hbond substituents is 1. The lowest BCUT2D eigenvalue weighted by molar-refractivity contribution is -0.384. The van der Waals surface area contributed by atoms with Crippen molar-refractivity contribution in [2.24, 2.45) is 0 Å². The number of nitrogens with one attached hydrogen (secondary N) is 1. The molecule has 7 nitrogen and oxygen atoms in total. The number of rotatable bonds is 3. The molecule has 0 saturated heterocycles. The Bertz CT molecular complexity index is 464. The van der Waals surface area contributed by atoms with Crippen molar-refractivity contribution < 1.29 is 19.9 Å². The van der Waals surface area contributed by atoms with Crippen LogP contribution >= 0.6 is 0 Å². The number of phenols is 1. The molecule has 0 radical (unpaired) electrons. The normalized spacial score (nSPS) is 11.0. The molecule has 0 atom stereocenters. The second kappa shape index (κ2) is 4.38. The molecule has 1 rings (SSSR count). The number of nitro benzene ring substituents is 1. The van der Waals surface area contributed by atoms with Crippen molar-refractivity contribution in [3.05, 3.63) is 28.3 Å². The molecular formula is C10H12N2O5. The van der Waals surface area contributed by atoms with Gasteiger partial charge in [-0.25, -0.2) is 0 Å². The lowest BCUT2D eigenvalue weighted by Crippen LogP contribution is -2.36. The Hall–Kier alpha value is -2.15. The summed E-state index contributed by atoms with van der Waals surface area (Å²) in [6.45, 7) is 2.52.